The molecule has 1 amide bonds. The maximum absolute atomic E-state index is 12.4. The summed E-state index contributed by atoms with van der Waals surface area (Å²) in [6.07, 6.45) is 1.11. The summed E-state index contributed by atoms with van der Waals surface area (Å²) in [5.41, 5.74) is 5.97. The van der Waals surface area contributed by atoms with E-state index in [0.29, 0.717) is 6.54 Å². The third kappa shape index (κ3) is 5.01. The number of anilines is 1. The summed E-state index contributed by atoms with van der Waals surface area (Å²) in [5.74, 6) is 0.855. The zero-order valence-corrected chi connectivity index (χ0v) is 17.5. The van der Waals surface area contributed by atoms with E-state index in [0.717, 1.165) is 30.8 Å². The molecule has 0 fully saturated rings. The highest BCUT2D eigenvalue weighted by atomic mass is 32.2. The number of para-hydroxylation sites is 1. The van der Waals surface area contributed by atoms with Gasteiger partial charge in [0.25, 0.3) is 5.91 Å². The monoisotopic (exact) mass is 402 g/mol. The number of carbonyl (C=O) groups excluding carboxylic acids is 1. The second-order valence-electron chi connectivity index (χ2n) is 7.41. The van der Waals surface area contributed by atoms with Gasteiger partial charge in [0, 0.05) is 41.5 Å². The van der Waals surface area contributed by atoms with Crippen LogP contribution in [-0.2, 0) is 13.0 Å². The molecule has 0 unspecified atom stereocenters. The van der Waals surface area contributed by atoms with E-state index in [4.69, 9.17) is 0 Å². The van der Waals surface area contributed by atoms with Gasteiger partial charge in [-0.1, -0.05) is 48.0 Å². The Hall–Kier alpha value is -2.72. The minimum absolute atomic E-state index is 0.00688. The zero-order valence-electron chi connectivity index (χ0n) is 16.7. The van der Waals surface area contributed by atoms with Crippen LogP contribution in [0.5, 0.6) is 0 Å². The number of hydrogen-bond donors (Lipinski definition) is 1. The first-order valence-electron chi connectivity index (χ1n) is 10.1. The Morgan fingerprint density at radius 2 is 1.76 bits per heavy atom. The van der Waals surface area contributed by atoms with Crippen LogP contribution in [0.4, 0.5) is 5.69 Å². The Balaban J connectivity index is 1.25. The third-order valence-electron chi connectivity index (χ3n) is 5.25. The fourth-order valence-corrected chi connectivity index (χ4v) is 4.39. The minimum atomic E-state index is -0.00688. The zero-order chi connectivity index (χ0) is 20.1. The van der Waals surface area contributed by atoms with E-state index >= 15 is 0 Å². The Morgan fingerprint density at radius 3 is 2.55 bits per heavy atom. The molecule has 4 rings (SSSR count). The van der Waals surface area contributed by atoms with Gasteiger partial charge in [-0.25, -0.2) is 0 Å². The van der Waals surface area contributed by atoms with Crippen molar-refractivity contribution in [2.75, 3.05) is 23.7 Å². The van der Waals surface area contributed by atoms with Gasteiger partial charge in [-0.3, -0.25) is 4.79 Å². The number of amides is 1. The molecule has 3 aromatic rings. The molecule has 3 nitrogen and oxygen atoms in total. The van der Waals surface area contributed by atoms with Crippen molar-refractivity contribution in [1.82, 2.24) is 5.32 Å². The van der Waals surface area contributed by atoms with Gasteiger partial charge in [0.05, 0.1) is 0 Å². The van der Waals surface area contributed by atoms with Crippen LogP contribution in [0.2, 0.25) is 0 Å². The van der Waals surface area contributed by atoms with E-state index in [2.05, 4.69) is 77.8 Å². The molecule has 0 aromatic heterocycles. The quantitative estimate of drug-likeness (QED) is 0.442. The summed E-state index contributed by atoms with van der Waals surface area (Å²) < 4.78 is 0. The Kier molecular flexibility index (Phi) is 6.20. The molecule has 0 saturated heterocycles. The van der Waals surface area contributed by atoms with Gasteiger partial charge in [-0.05, 0) is 54.8 Å². The lowest BCUT2D eigenvalue weighted by Crippen LogP contribution is -2.25. The first-order chi connectivity index (χ1) is 14.2. The van der Waals surface area contributed by atoms with E-state index in [-0.39, 0.29) is 5.91 Å². The minimum Gasteiger partial charge on any atom is -0.367 e. The molecule has 4 heteroatoms. The fourth-order valence-electron chi connectivity index (χ4n) is 3.62. The van der Waals surface area contributed by atoms with Crippen molar-refractivity contribution in [1.29, 1.82) is 0 Å². The van der Waals surface area contributed by atoms with Crippen LogP contribution >= 0.6 is 11.8 Å². The van der Waals surface area contributed by atoms with Crippen LogP contribution in [0.25, 0.3) is 0 Å². The number of aryl methyl sites for hydroxylation is 1. The molecular formula is C25H26N2OS. The summed E-state index contributed by atoms with van der Waals surface area (Å²) in [6, 6.07) is 25.1. The number of nitrogens with zero attached hydrogens (tertiary/aromatic N) is 1. The van der Waals surface area contributed by atoms with Gasteiger partial charge < -0.3 is 10.2 Å². The van der Waals surface area contributed by atoms with E-state index < -0.39 is 0 Å². The molecule has 148 valence electrons. The van der Waals surface area contributed by atoms with Gasteiger partial charge in [0.15, 0.2) is 0 Å². The molecule has 1 heterocycles. The first-order valence-corrected chi connectivity index (χ1v) is 11.1. The largest absolute Gasteiger partial charge is 0.367 e. The molecule has 0 atom stereocenters. The van der Waals surface area contributed by atoms with Crippen LogP contribution in [0.15, 0.2) is 77.7 Å². The van der Waals surface area contributed by atoms with Crippen molar-refractivity contribution in [2.24, 2.45) is 0 Å². The van der Waals surface area contributed by atoms with Gasteiger partial charge in [-0.2, -0.15) is 0 Å². The number of benzene rings is 3. The summed E-state index contributed by atoms with van der Waals surface area (Å²) in [7, 11) is 0. The molecule has 29 heavy (non-hydrogen) atoms. The van der Waals surface area contributed by atoms with E-state index in [1.54, 1.807) is 11.8 Å². The molecule has 1 aliphatic heterocycles. The molecule has 1 N–H and O–H groups in total. The molecule has 0 radical (unpaired) electrons. The Morgan fingerprint density at radius 1 is 1.00 bits per heavy atom. The standard InChI is InChI=1S/C25H26N2OS/c1-19-6-12-23(13-7-19)29-17-15-26-25(28)22-10-8-20(9-11-22)18-27-16-14-21-4-2-3-5-24(21)27/h2-13H,14-18H2,1H3,(H,26,28). The lowest BCUT2D eigenvalue weighted by Gasteiger charge is -2.19. The third-order valence-corrected chi connectivity index (χ3v) is 6.26. The van der Waals surface area contributed by atoms with Crippen LogP contribution < -0.4 is 10.2 Å². The smallest absolute Gasteiger partial charge is 0.251 e. The van der Waals surface area contributed by atoms with Crippen molar-refractivity contribution >= 4 is 23.4 Å². The van der Waals surface area contributed by atoms with Crippen LogP contribution in [-0.4, -0.2) is 24.7 Å². The normalized spacial score (nSPS) is 12.7. The lowest BCUT2D eigenvalue weighted by atomic mass is 10.1. The summed E-state index contributed by atoms with van der Waals surface area (Å²) in [5, 5.41) is 3.02. The van der Waals surface area contributed by atoms with E-state index in [1.807, 2.05) is 12.1 Å². The van der Waals surface area contributed by atoms with Gasteiger partial charge in [0.1, 0.15) is 0 Å². The van der Waals surface area contributed by atoms with Crippen molar-refractivity contribution in [3.05, 3.63) is 95.1 Å². The number of carbonyl (C=O) groups is 1. The summed E-state index contributed by atoms with van der Waals surface area (Å²) >= 11 is 1.76. The van der Waals surface area contributed by atoms with E-state index in [1.165, 1.54) is 27.3 Å². The fraction of sp³-hybridized carbons (Fsp3) is 0.240. The van der Waals surface area contributed by atoms with Crippen molar-refractivity contribution in [3.63, 3.8) is 0 Å². The highest BCUT2D eigenvalue weighted by Crippen LogP contribution is 2.28. The van der Waals surface area contributed by atoms with Crippen molar-refractivity contribution in [2.45, 2.75) is 24.8 Å². The maximum atomic E-state index is 12.4. The number of fused-ring (bicyclic) bond motifs is 1. The summed E-state index contributed by atoms with van der Waals surface area (Å²) in [6.45, 7) is 4.68. The van der Waals surface area contributed by atoms with Gasteiger partial charge in [-0.15, -0.1) is 11.8 Å². The summed E-state index contributed by atoms with van der Waals surface area (Å²) in [4.78, 5) is 16.0. The van der Waals surface area contributed by atoms with Crippen molar-refractivity contribution in [3.8, 4) is 0 Å². The van der Waals surface area contributed by atoms with Crippen LogP contribution in [0.1, 0.15) is 27.0 Å². The second kappa shape index (κ2) is 9.19. The maximum Gasteiger partial charge on any atom is 0.251 e. The van der Waals surface area contributed by atoms with Crippen LogP contribution in [0.3, 0.4) is 0 Å². The molecule has 0 saturated carbocycles. The number of rotatable bonds is 7. The highest BCUT2D eigenvalue weighted by Gasteiger charge is 2.18. The molecular weight excluding hydrogens is 376 g/mol. The van der Waals surface area contributed by atoms with Gasteiger partial charge >= 0.3 is 0 Å². The molecule has 3 aromatic carbocycles. The SMILES string of the molecule is Cc1ccc(SCCNC(=O)c2ccc(CN3CCc4ccccc43)cc2)cc1. The molecule has 0 spiro atoms. The molecule has 0 aliphatic carbocycles. The average molecular weight is 403 g/mol. The topological polar surface area (TPSA) is 32.3 Å². The number of thioether (sulfide) groups is 1. The second-order valence-corrected chi connectivity index (χ2v) is 8.58. The number of hydrogen-bond acceptors (Lipinski definition) is 3. The first kappa shape index (κ1) is 19.6. The lowest BCUT2D eigenvalue weighted by molar-refractivity contribution is 0.0956. The van der Waals surface area contributed by atoms with Gasteiger partial charge in [0.2, 0.25) is 0 Å². The Labute approximate surface area is 177 Å². The Bertz CT molecular complexity index is 967. The average Bonchev–Trinajstić information content (AvgIpc) is 3.16. The van der Waals surface area contributed by atoms with Crippen LogP contribution in [0, 0.1) is 6.92 Å². The highest BCUT2D eigenvalue weighted by molar-refractivity contribution is 7.99. The van der Waals surface area contributed by atoms with Crippen molar-refractivity contribution < 1.29 is 4.79 Å². The molecule has 1 aliphatic rings. The predicted octanol–water partition coefficient (Wildman–Crippen LogP) is 5.08. The number of nitrogens with one attached hydrogen (secondary N) is 1. The molecule has 0 bridgehead atoms. The van der Waals surface area contributed by atoms with E-state index in [9.17, 15) is 4.79 Å². The predicted molar refractivity (Wildman–Crippen MR) is 122 cm³/mol.